The van der Waals surface area contributed by atoms with E-state index in [2.05, 4.69) is 64.8 Å². The lowest BCUT2D eigenvalue weighted by Crippen LogP contribution is -2.46. The van der Waals surface area contributed by atoms with E-state index in [9.17, 15) is 0 Å². The van der Waals surface area contributed by atoms with E-state index in [1.807, 2.05) is 0 Å². The van der Waals surface area contributed by atoms with Crippen molar-refractivity contribution in [3.05, 3.63) is 60.2 Å². The highest BCUT2D eigenvalue weighted by Gasteiger charge is 2.31. The summed E-state index contributed by atoms with van der Waals surface area (Å²) >= 11 is 0. The highest BCUT2D eigenvalue weighted by molar-refractivity contribution is 5.85. The van der Waals surface area contributed by atoms with Gasteiger partial charge in [-0.3, -0.25) is 4.90 Å². The second-order valence-electron chi connectivity index (χ2n) is 7.26. The van der Waals surface area contributed by atoms with Crippen molar-refractivity contribution in [3.8, 4) is 11.1 Å². The van der Waals surface area contributed by atoms with Crippen LogP contribution in [0.1, 0.15) is 37.3 Å². The average molecular weight is 393 g/mol. The first kappa shape index (κ1) is 21.2. The average Bonchev–Trinajstić information content (AvgIpc) is 3.18. The summed E-state index contributed by atoms with van der Waals surface area (Å²) in [6.07, 6.45) is 5.62. The van der Waals surface area contributed by atoms with Crippen LogP contribution in [-0.4, -0.2) is 31.1 Å². The van der Waals surface area contributed by atoms with Gasteiger partial charge in [-0.05, 0) is 35.4 Å². The molecule has 1 heterocycles. The summed E-state index contributed by atoms with van der Waals surface area (Å²) in [5.41, 5.74) is 4.15. The molecule has 4 rings (SSSR count). The molecule has 1 saturated carbocycles. The van der Waals surface area contributed by atoms with Gasteiger partial charge < -0.3 is 5.32 Å². The van der Waals surface area contributed by atoms with Crippen LogP contribution in [0.25, 0.3) is 11.1 Å². The SMILES string of the molecule is Cl.Cl.c1ccc(-c2ccc([C@@H](C3CCCC3)N3CCNCC3)cc2)cc1. The third kappa shape index (κ3) is 4.80. The van der Waals surface area contributed by atoms with Crippen LogP contribution in [0.15, 0.2) is 54.6 Å². The Morgan fingerprint density at radius 1 is 0.769 bits per heavy atom. The van der Waals surface area contributed by atoms with Gasteiger partial charge in [0.2, 0.25) is 0 Å². The zero-order valence-corrected chi connectivity index (χ0v) is 16.9. The topological polar surface area (TPSA) is 15.3 Å². The van der Waals surface area contributed by atoms with E-state index >= 15 is 0 Å². The highest BCUT2D eigenvalue weighted by Crippen LogP contribution is 2.40. The van der Waals surface area contributed by atoms with Gasteiger partial charge in [-0.15, -0.1) is 24.8 Å². The van der Waals surface area contributed by atoms with E-state index in [1.54, 1.807) is 0 Å². The number of halogens is 2. The predicted molar refractivity (Wildman–Crippen MR) is 116 cm³/mol. The molecular formula is C22H30Cl2N2. The van der Waals surface area contributed by atoms with E-state index < -0.39 is 0 Å². The van der Waals surface area contributed by atoms with Crippen molar-refractivity contribution < 1.29 is 0 Å². The normalized spacial score (nSPS) is 19.4. The Bertz CT molecular complexity index is 633. The van der Waals surface area contributed by atoms with Gasteiger partial charge >= 0.3 is 0 Å². The maximum Gasteiger partial charge on any atom is 0.0377 e. The molecule has 0 amide bonds. The van der Waals surface area contributed by atoms with Gasteiger partial charge in [0.1, 0.15) is 0 Å². The smallest absolute Gasteiger partial charge is 0.0377 e. The first-order chi connectivity index (χ1) is 11.9. The largest absolute Gasteiger partial charge is 0.314 e. The lowest BCUT2D eigenvalue weighted by molar-refractivity contribution is 0.125. The van der Waals surface area contributed by atoms with Gasteiger partial charge in [-0.1, -0.05) is 67.4 Å². The zero-order valence-electron chi connectivity index (χ0n) is 15.3. The van der Waals surface area contributed by atoms with Gasteiger partial charge in [0.05, 0.1) is 0 Å². The summed E-state index contributed by atoms with van der Waals surface area (Å²) in [4.78, 5) is 2.73. The second kappa shape index (κ2) is 10.3. The maximum atomic E-state index is 3.50. The molecule has 0 unspecified atom stereocenters. The molecule has 1 saturated heterocycles. The summed E-state index contributed by atoms with van der Waals surface area (Å²) in [6, 6.07) is 20.7. The summed E-state index contributed by atoms with van der Waals surface area (Å²) in [6.45, 7) is 4.62. The Hall–Kier alpha value is -1.06. The molecule has 2 aliphatic rings. The second-order valence-corrected chi connectivity index (χ2v) is 7.26. The maximum absolute atomic E-state index is 3.50. The van der Waals surface area contributed by atoms with Crippen molar-refractivity contribution in [2.75, 3.05) is 26.2 Å². The van der Waals surface area contributed by atoms with Crippen LogP contribution in [0, 0.1) is 5.92 Å². The third-order valence-electron chi connectivity index (χ3n) is 5.75. The summed E-state index contributed by atoms with van der Waals surface area (Å²) < 4.78 is 0. The molecule has 0 aromatic heterocycles. The molecule has 2 nitrogen and oxygen atoms in total. The van der Waals surface area contributed by atoms with E-state index in [0.29, 0.717) is 6.04 Å². The Balaban J connectivity index is 0.00000121. The molecular weight excluding hydrogens is 363 g/mol. The Kier molecular flexibility index (Phi) is 8.43. The standard InChI is InChI=1S/C22H28N2.2ClH/c1-2-6-18(7-3-1)19-10-12-21(13-11-19)22(20-8-4-5-9-20)24-16-14-23-15-17-24;;/h1-3,6-7,10-13,20,22-23H,4-5,8-9,14-17H2;2*1H/t22-;;/m1../s1. The number of hydrogen-bond donors (Lipinski definition) is 1. The molecule has 1 aliphatic heterocycles. The molecule has 0 bridgehead atoms. The summed E-state index contributed by atoms with van der Waals surface area (Å²) in [5, 5.41) is 3.50. The van der Waals surface area contributed by atoms with Crippen LogP contribution in [0.3, 0.4) is 0 Å². The van der Waals surface area contributed by atoms with Crippen molar-refractivity contribution in [3.63, 3.8) is 0 Å². The van der Waals surface area contributed by atoms with Gasteiger partial charge in [0.25, 0.3) is 0 Å². The van der Waals surface area contributed by atoms with Crippen LogP contribution in [0.5, 0.6) is 0 Å². The minimum absolute atomic E-state index is 0. The van der Waals surface area contributed by atoms with Gasteiger partial charge in [-0.2, -0.15) is 0 Å². The summed E-state index contributed by atoms with van der Waals surface area (Å²) in [5.74, 6) is 0.839. The van der Waals surface area contributed by atoms with Gasteiger partial charge in [-0.25, -0.2) is 0 Å². The summed E-state index contributed by atoms with van der Waals surface area (Å²) in [7, 11) is 0. The quantitative estimate of drug-likeness (QED) is 0.755. The van der Waals surface area contributed by atoms with Crippen LogP contribution >= 0.6 is 24.8 Å². The number of nitrogens with one attached hydrogen (secondary N) is 1. The molecule has 0 spiro atoms. The van der Waals surface area contributed by atoms with Crippen molar-refractivity contribution in [1.82, 2.24) is 10.2 Å². The Labute approximate surface area is 170 Å². The number of benzene rings is 2. The molecule has 1 aliphatic carbocycles. The predicted octanol–water partition coefficient (Wildman–Crippen LogP) is 5.33. The zero-order chi connectivity index (χ0) is 16.2. The van der Waals surface area contributed by atoms with Crippen LogP contribution in [-0.2, 0) is 0 Å². The first-order valence-electron chi connectivity index (χ1n) is 9.52. The fraction of sp³-hybridized carbons (Fsp3) is 0.455. The lowest BCUT2D eigenvalue weighted by atomic mass is 9.89. The molecule has 26 heavy (non-hydrogen) atoms. The van der Waals surface area contributed by atoms with Crippen LogP contribution in [0.2, 0.25) is 0 Å². The highest BCUT2D eigenvalue weighted by atomic mass is 35.5. The molecule has 142 valence electrons. The van der Waals surface area contributed by atoms with Crippen molar-refractivity contribution in [2.24, 2.45) is 5.92 Å². The van der Waals surface area contributed by atoms with Crippen molar-refractivity contribution in [2.45, 2.75) is 31.7 Å². The Morgan fingerprint density at radius 3 is 1.96 bits per heavy atom. The fourth-order valence-corrected chi connectivity index (χ4v) is 4.52. The lowest BCUT2D eigenvalue weighted by Gasteiger charge is -2.38. The van der Waals surface area contributed by atoms with Crippen molar-refractivity contribution >= 4 is 24.8 Å². The fourth-order valence-electron chi connectivity index (χ4n) is 4.52. The minimum Gasteiger partial charge on any atom is -0.314 e. The van der Waals surface area contributed by atoms with Gasteiger partial charge in [0.15, 0.2) is 0 Å². The number of hydrogen-bond acceptors (Lipinski definition) is 2. The van der Waals surface area contributed by atoms with Crippen LogP contribution in [0.4, 0.5) is 0 Å². The van der Waals surface area contributed by atoms with E-state index in [0.717, 1.165) is 19.0 Å². The Morgan fingerprint density at radius 2 is 1.35 bits per heavy atom. The molecule has 4 heteroatoms. The molecule has 2 aromatic carbocycles. The van der Waals surface area contributed by atoms with E-state index in [1.165, 1.54) is 55.5 Å². The van der Waals surface area contributed by atoms with Crippen LogP contribution < -0.4 is 5.32 Å². The van der Waals surface area contributed by atoms with E-state index in [4.69, 9.17) is 0 Å². The van der Waals surface area contributed by atoms with Crippen molar-refractivity contribution in [1.29, 1.82) is 0 Å². The minimum atomic E-state index is 0. The number of piperazine rings is 1. The number of rotatable bonds is 4. The molecule has 1 N–H and O–H groups in total. The first-order valence-corrected chi connectivity index (χ1v) is 9.52. The monoisotopic (exact) mass is 392 g/mol. The van der Waals surface area contributed by atoms with E-state index in [-0.39, 0.29) is 24.8 Å². The molecule has 2 fully saturated rings. The third-order valence-corrected chi connectivity index (χ3v) is 5.75. The molecule has 2 aromatic rings. The molecule has 1 atom stereocenters. The number of nitrogens with zero attached hydrogens (tertiary/aromatic N) is 1. The molecule has 0 radical (unpaired) electrons. The van der Waals surface area contributed by atoms with Gasteiger partial charge in [0, 0.05) is 32.2 Å².